The Kier molecular flexibility index (Phi) is 5.56. The van der Waals surface area contributed by atoms with Crippen LogP contribution in [0.15, 0.2) is 60.7 Å². The Balaban J connectivity index is 1.55. The number of phenols is 1. The molecule has 0 unspecified atom stereocenters. The first-order valence-electron chi connectivity index (χ1n) is 8.35. The molecule has 0 aliphatic heterocycles. The number of rotatable bonds is 6. The maximum absolute atomic E-state index is 12.2. The van der Waals surface area contributed by atoms with Gasteiger partial charge in [0.15, 0.2) is 6.61 Å². The van der Waals surface area contributed by atoms with Crippen molar-refractivity contribution in [2.24, 2.45) is 0 Å². The highest BCUT2D eigenvalue weighted by molar-refractivity contribution is 5.99. The molecule has 6 heteroatoms. The number of hydrogen-bond acceptors (Lipinski definition) is 5. The van der Waals surface area contributed by atoms with E-state index < -0.39 is 18.5 Å². The van der Waals surface area contributed by atoms with E-state index in [0.29, 0.717) is 6.54 Å². The van der Waals surface area contributed by atoms with Gasteiger partial charge in [-0.1, -0.05) is 36.4 Å². The van der Waals surface area contributed by atoms with Gasteiger partial charge < -0.3 is 19.9 Å². The number of carbonyl (C=O) groups is 2. The number of hydrogen-bond donors (Lipinski definition) is 2. The third-order valence-electron chi connectivity index (χ3n) is 4.07. The first-order valence-corrected chi connectivity index (χ1v) is 8.35. The number of carbonyl (C=O) groups excluding carboxylic acids is 2. The van der Waals surface area contributed by atoms with Gasteiger partial charge in [-0.3, -0.25) is 4.79 Å². The third-order valence-corrected chi connectivity index (χ3v) is 4.07. The van der Waals surface area contributed by atoms with Gasteiger partial charge in [0.05, 0.1) is 7.11 Å². The molecule has 3 aromatic rings. The second-order valence-electron chi connectivity index (χ2n) is 5.92. The summed E-state index contributed by atoms with van der Waals surface area (Å²) in [7, 11) is 1.58. The predicted molar refractivity (Wildman–Crippen MR) is 101 cm³/mol. The van der Waals surface area contributed by atoms with Crippen molar-refractivity contribution in [2.75, 3.05) is 13.7 Å². The molecule has 2 N–H and O–H groups in total. The lowest BCUT2D eigenvalue weighted by molar-refractivity contribution is -0.124. The average molecular weight is 365 g/mol. The minimum atomic E-state index is -0.752. The van der Waals surface area contributed by atoms with Gasteiger partial charge in [-0.05, 0) is 40.6 Å². The number of phenolic OH excluding ortho intramolecular Hbond substituents is 1. The van der Waals surface area contributed by atoms with E-state index in [9.17, 15) is 14.7 Å². The van der Waals surface area contributed by atoms with Gasteiger partial charge in [-0.15, -0.1) is 0 Å². The van der Waals surface area contributed by atoms with Crippen LogP contribution in [-0.4, -0.2) is 30.7 Å². The molecule has 6 nitrogen and oxygen atoms in total. The molecule has 27 heavy (non-hydrogen) atoms. The molecule has 3 aromatic carbocycles. The summed E-state index contributed by atoms with van der Waals surface area (Å²) in [5.74, 6) is -0.635. The van der Waals surface area contributed by atoms with E-state index in [-0.39, 0.29) is 11.3 Å². The van der Waals surface area contributed by atoms with Crippen LogP contribution >= 0.6 is 0 Å². The summed E-state index contributed by atoms with van der Waals surface area (Å²) in [6, 6.07) is 17.6. The summed E-state index contributed by atoms with van der Waals surface area (Å²) in [4.78, 5) is 24.1. The molecular formula is C21H19NO5. The van der Waals surface area contributed by atoms with E-state index in [0.717, 1.165) is 22.1 Å². The van der Waals surface area contributed by atoms with E-state index in [1.54, 1.807) is 25.3 Å². The van der Waals surface area contributed by atoms with Crippen molar-refractivity contribution in [2.45, 2.75) is 6.54 Å². The standard InChI is InChI=1S/C21H19NO5/c1-26-17-8-6-14(7-9-17)12-22-20(24)13-27-21(25)18-10-15-4-2-3-5-16(15)11-19(18)23/h2-11,23H,12-13H2,1H3,(H,22,24). The average Bonchev–Trinajstić information content (AvgIpc) is 2.70. The molecule has 3 rings (SSSR count). The summed E-state index contributed by atoms with van der Waals surface area (Å²) in [5.41, 5.74) is 0.916. The molecule has 0 saturated heterocycles. The molecule has 0 heterocycles. The van der Waals surface area contributed by atoms with Crippen LogP contribution in [0.5, 0.6) is 11.5 Å². The summed E-state index contributed by atoms with van der Waals surface area (Å²) in [5, 5.41) is 14.3. The van der Waals surface area contributed by atoms with Crippen molar-refractivity contribution >= 4 is 22.6 Å². The number of esters is 1. The molecule has 0 aliphatic carbocycles. The zero-order valence-electron chi connectivity index (χ0n) is 14.8. The van der Waals surface area contributed by atoms with E-state index in [4.69, 9.17) is 9.47 Å². The minimum absolute atomic E-state index is 0.0247. The number of ether oxygens (including phenoxy) is 2. The topological polar surface area (TPSA) is 84.9 Å². The molecule has 0 bridgehead atoms. The van der Waals surface area contributed by atoms with Gasteiger partial charge in [0.1, 0.15) is 17.1 Å². The molecule has 0 atom stereocenters. The fourth-order valence-electron chi connectivity index (χ4n) is 2.60. The summed E-state index contributed by atoms with van der Waals surface area (Å²) in [6.45, 7) is -0.122. The highest BCUT2D eigenvalue weighted by Crippen LogP contribution is 2.25. The fraction of sp³-hybridized carbons (Fsp3) is 0.143. The Hall–Kier alpha value is -3.54. The molecule has 0 aromatic heterocycles. The van der Waals surface area contributed by atoms with Gasteiger partial charge in [-0.2, -0.15) is 0 Å². The molecule has 0 spiro atoms. The minimum Gasteiger partial charge on any atom is -0.507 e. The number of benzene rings is 3. The van der Waals surface area contributed by atoms with Crippen LogP contribution in [0, 0.1) is 0 Å². The smallest absolute Gasteiger partial charge is 0.342 e. The van der Waals surface area contributed by atoms with Gasteiger partial charge in [0, 0.05) is 6.54 Å². The van der Waals surface area contributed by atoms with Crippen molar-refractivity contribution in [1.29, 1.82) is 0 Å². The number of aromatic hydroxyl groups is 1. The highest BCUT2D eigenvalue weighted by Gasteiger charge is 2.15. The summed E-state index contributed by atoms with van der Waals surface area (Å²) in [6.07, 6.45) is 0. The summed E-state index contributed by atoms with van der Waals surface area (Å²) >= 11 is 0. The Bertz CT molecular complexity index is 966. The Morgan fingerprint density at radius 1 is 1.00 bits per heavy atom. The lowest BCUT2D eigenvalue weighted by Crippen LogP contribution is -2.28. The lowest BCUT2D eigenvalue weighted by atomic mass is 10.1. The zero-order valence-corrected chi connectivity index (χ0v) is 14.8. The van der Waals surface area contributed by atoms with E-state index in [1.165, 1.54) is 6.07 Å². The third kappa shape index (κ3) is 4.55. The van der Waals surface area contributed by atoms with Gasteiger partial charge in [0.25, 0.3) is 5.91 Å². The van der Waals surface area contributed by atoms with Crippen molar-refractivity contribution in [3.63, 3.8) is 0 Å². The van der Waals surface area contributed by atoms with E-state index in [1.807, 2.05) is 36.4 Å². The SMILES string of the molecule is COc1ccc(CNC(=O)COC(=O)c2cc3ccccc3cc2O)cc1. The molecule has 0 fully saturated rings. The van der Waals surface area contributed by atoms with Crippen LogP contribution in [0.2, 0.25) is 0 Å². The maximum Gasteiger partial charge on any atom is 0.342 e. The first kappa shape index (κ1) is 18.3. The Labute approximate surface area is 156 Å². The van der Waals surface area contributed by atoms with Crippen LogP contribution in [0.3, 0.4) is 0 Å². The predicted octanol–water partition coefficient (Wildman–Crippen LogP) is 3.03. The van der Waals surface area contributed by atoms with Crippen LogP contribution < -0.4 is 10.1 Å². The molecule has 1 amide bonds. The molecule has 0 radical (unpaired) electrons. The van der Waals surface area contributed by atoms with Gasteiger partial charge >= 0.3 is 5.97 Å². The number of methoxy groups -OCH3 is 1. The largest absolute Gasteiger partial charge is 0.507 e. The number of nitrogens with one attached hydrogen (secondary N) is 1. The molecule has 0 aliphatic rings. The van der Waals surface area contributed by atoms with Gasteiger partial charge in [-0.25, -0.2) is 4.79 Å². The van der Waals surface area contributed by atoms with Crippen molar-refractivity contribution in [1.82, 2.24) is 5.32 Å². The van der Waals surface area contributed by atoms with Crippen LogP contribution in [0.1, 0.15) is 15.9 Å². The molecular weight excluding hydrogens is 346 g/mol. The monoisotopic (exact) mass is 365 g/mol. The number of amides is 1. The van der Waals surface area contributed by atoms with Crippen LogP contribution in [-0.2, 0) is 16.1 Å². The quantitative estimate of drug-likeness (QED) is 0.656. The second-order valence-corrected chi connectivity index (χ2v) is 5.92. The van der Waals surface area contributed by atoms with Crippen molar-refractivity contribution in [3.8, 4) is 11.5 Å². The molecule has 138 valence electrons. The summed E-state index contributed by atoms with van der Waals surface area (Å²) < 4.78 is 10.1. The second kappa shape index (κ2) is 8.23. The Morgan fingerprint density at radius 2 is 1.67 bits per heavy atom. The zero-order chi connectivity index (χ0) is 19.2. The number of fused-ring (bicyclic) bond motifs is 1. The lowest BCUT2D eigenvalue weighted by Gasteiger charge is -2.09. The Morgan fingerprint density at radius 3 is 2.33 bits per heavy atom. The normalized spacial score (nSPS) is 10.4. The maximum atomic E-state index is 12.2. The fourth-order valence-corrected chi connectivity index (χ4v) is 2.60. The van der Waals surface area contributed by atoms with E-state index >= 15 is 0 Å². The van der Waals surface area contributed by atoms with Crippen molar-refractivity contribution in [3.05, 3.63) is 71.8 Å². The van der Waals surface area contributed by atoms with Crippen LogP contribution in [0.4, 0.5) is 0 Å². The van der Waals surface area contributed by atoms with Gasteiger partial charge in [0.2, 0.25) is 0 Å². The van der Waals surface area contributed by atoms with E-state index in [2.05, 4.69) is 5.32 Å². The molecule has 0 saturated carbocycles. The van der Waals surface area contributed by atoms with Crippen molar-refractivity contribution < 1.29 is 24.2 Å². The highest BCUT2D eigenvalue weighted by atomic mass is 16.5. The van der Waals surface area contributed by atoms with Crippen LogP contribution in [0.25, 0.3) is 10.8 Å². The first-order chi connectivity index (χ1) is 13.1.